The molecule has 2 N–H and O–H groups in total. The number of anilines is 4. The summed E-state index contributed by atoms with van der Waals surface area (Å²) in [5, 5.41) is 7.13. The minimum Gasteiger partial charge on any atom is -0.494 e. The third-order valence-electron chi connectivity index (χ3n) is 11.5. The van der Waals surface area contributed by atoms with Gasteiger partial charge in [0.05, 0.1) is 35.3 Å². The summed E-state index contributed by atoms with van der Waals surface area (Å²) >= 11 is 0. The van der Waals surface area contributed by atoms with Gasteiger partial charge < -0.3 is 29.2 Å². The SMILES string of the molecule is CCOc1ccc(Nc2nc3ccccc3n2[C@@H]2C[C@H](C)CC(C)(C)C2)cc1.CCOc1ccc(Nc2nc3ccccc3n2[C@H]2C[C@@H](C)CC(C)(C)C2)cc1. The molecule has 4 aromatic carbocycles. The van der Waals surface area contributed by atoms with Gasteiger partial charge in [0.15, 0.2) is 0 Å². The van der Waals surface area contributed by atoms with Gasteiger partial charge in [0.2, 0.25) is 11.9 Å². The van der Waals surface area contributed by atoms with Crippen LogP contribution in [0.2, 0.25) is 0 Å². The van der Waals surface area contributed by atoms with Crippen molar-refractivity contribution in [2.45, 2.75) is 106 Å². The van der Waals surface area contributed by atoms with E-state index in [1.807, 2.05) is 38.1 Å². The van der Waals surface area contributed by atoms with Gasteiger partial charge in [-0.1, -0.05) is 65.8 Å². The average molecular weight is 755 g/mol. The Morgan fingerprint density at radius 3 is 1.29 bits per heavy atom. The van der Waals surface area contributed by atoms with Crippen molar-refractivity contribution >= 4 is 45.3 Å². The summed E-state index contributed by atoms with van der Waals surface area (Å²) in [7, 11) is 0. The molecule has 56 heavy (non-hydrogen) atoms. The number of nitrogens with zero attached hydrogens (tertiary/aromatic N) is 4. The second-order valence-electron chi connectivity index (χ2n) is 17.9. The number of ether oxygens (including phenoxy) is 2. The lowest BCUT2D eigenvalue weighted by molar-refractivity contribution is 0.140. The molecule has 0 aliphatic heterocycles. The largest absolute Gasteiger partial charge is 0.494 e. The highest BCUT2D eigenvalue weighted by Gasteiger charge is 2.36. The van der Waals surface area contributed by atoms with E-state index in [-0.39, 0.29) is 0 Å². The number of aromatic nitrogens is 4. The quantitative estimate of drug-likeness (QED) is 0.145. The Kier molecular flexibility index (Phi) is 11.7. The molecule has 2 aliphatic rings. The molecule has 4 atom stereocenters. The fraction of sp³-hybridized carbons (Fsp3) is 0.458. The van der Waals surface area contributed by atoms with Crippen LogP contribution in [0.25, 0.3) is 22.1 Å². The van der Waals surface area contributed by atoms with Crippen LogP contribution in [0.5, 0.6) is 11.5 Å². The van der Waals surface area contributed by atoms with E-state index in [2.05, 4.69) is 134 Å². The van der Waals surface area contributed by atoms with Crippen molar-refractivity contribution in [3.63, 3.8) is 0 Å². The molecule has 2 aromatic heterocycles. The monoisotopic (exact) mass is 754 g/mol. The number of imidazole rings is 2. The van der Waals surface area contributed by atoms with Gasteiger partial charge in [-0.05, 0) is 148 Å². The molecule has 8 rings (SSSR count). The van der Waals surface area contributed by atoms with Gasteiger partial charge in [-0.25, -0.2) is 9.97 Å². The van der Waals surface area contributed by atoms with Crippen LogP contribution in [0, 0.1) is 22.7 Å². The molecular weight excluding hydrogens is 693 g/mol. The molecule has 0 bridgehead atoms. The van der Waals surface area contributed by atoms with Crippen LogP contribution < -0.4 is 20.1 Å². The topological polar surface area (TPSA) is 78.2 Å². The summed E-state index contributed by atoms with van der Waals surface area (Å²) in [4.78, 5) is 9.87. The fourth-order valence-electron chi connectivity index (χ4n) is 9.85. The first-order valence-corrected chi connectivity index (χ1v) is 20.8. The van der Waals surface area contributed by atoms with Crippen LogP contribution in [-0.4, -0.2) is 32.3 Å². The van der Waals surface area contributed by atoms with Gasteiger partial charge >= 0.3 is 0 Å². The van der Waals surface area contributed by atoms with E-state index in [1.165, 1.54) is 49.6 Å². The predicted molar refractivity (Wildman–Crippen MR) is 233 cm³/mol. The zero-order valence-electron chi connectivity index (χ0n) is 34.8. The Balaban J connectivity index is 0.000000172. The lowest BCUT2D eigenvalue weighted by atomic mass is 9.70. The molecule has 8 heteroatoms. The lowest BCUT2D eigenvalue weighted by Gasteiger charge is -2.40. The molecule has 0 spiro atoms. The molecule has 296 valence electrons. The van der Waals surface area contributed by atoms with Crippen LogP contribution in [-0.2, 0) is 0 Å². The molecule has 6 aromatic rings. The first kappa shape index (κ1) is 39.3. The summed E-state index contributed by atoms with van der Waals surface area (Å²) in [6, 6.07) is 34.1. The van der Waals surface area contributed by atoms with Crippen molar-refractivity contribution in [1.29, 1.82) is 0 Å². The van der Waals surface area contributed by atoms with E-state index < -0.39 is 0 Å². The third kappa shape index (κ3) is 9.17. The molecule has 2 heterocycles. The minimum absolute atomic E-state index is 0.351. The van der Waals surface area contributed by atoms with Crippen molar-refractivity contribution in [2.75, 3.05) is 23.8 Å². The van der Waals surface area contributed by atoms with Crippen LogP contribution in [0.1, 0.15) is 106 Å². The summed E-state index contributed by atoms with van der Waals surface area (Å²) in [5.74, 6) is 5.08. The molecule has 8 nitrogen and oxygen atoms in total. The Hall–Kier alpha value is -4.98. The Bertz CT molecular complexity index is 2040. The van der Waals surface area contributed by atoms with Gasteiger partial charge in [0.25, 0.3) is 0 Å². The highest BCUT2D eigenvalue weighted by atomic mass is 16.5. The van der Waals surface area contributed by atoms with Crippen LogP contribution in [0.15, 0.2) is 97.1 Å². The van der Waals surface area contributed by atoms with E-state index in [9.17, 15) is 0 Å². The Labute approximate surface area is 334 Å². The molecule has 0 radical (unpaired) electrons. The van der Waals surface area contributed by atoms with E-state index in [4.69, 9.17) is 19.4 Å². The molecule has 0 saturated heterocycles. The number of nitrogens with one attached hydrogen (secondary N) is 2. The smallest absolute Gasteiger partial charge is 0.208 e. The third-order valence-corrected chi connectivity index (χ3v) is 11.5. The van der Waals surface area contributed by atoms with Gasteiger partial charge in [-0.3, -0.25) is 0 Å². The highest BCUT2D eigenvalue weighted by molar-refractivity contribution is 5.81. The average Bonchev–Trinajstić information content (AvgIpc) is 3.70. The second-order valence-corrected chi connectivity index (χ2v) is 17.9. The van der Waals surface area contributed by atoms with Crippen molar-refractivity contribution in [1.82, 2.24) is 19.1 Å². The lowest BCUT2D eigenvalue weighted by Crippen LogP contribution is -2.29. The Morgan fingerprint density at radius 2 is 0.929 bits per heavy atom. The molecule has 2 fully saturated rings. The normalized spacial score (nSPS) is 21.6. The summed E-state index contributed by atoms with van der Waals surface area (Å²) < 4.78 is 16.0. The van der Waals surface area contributed by atoms with Crippen molar-refractivity contribution in [2.24, 2.45) is 22.7 Å². The van der Waals surface area contributed by atoms with E-state index in [0.29, 0.717) is 48.0 Å². The van der Waals surface area contributed by atoms with Crippen molar-refractivity contribution in [3.8, 4) is 11.5 Å². The minimum atomic E-state index is 0.351. The first-order chi connectivity index (χ1) is 26.9. The number of rotatable bonds is 10. The maximum absolute atomic E-state index is 5.56. The van der Waals surface area contributed by atoms with E-state index in [1.54, 1.807) is 0 Å². The standard InChI is InChI=1S/2C24H31N3O/c2*1-5-28-20-12-10-18(11-13-20)25-23-26-21-8-6-7-9-22(21)27(23)19-14-17(2)15-24(3,4)16-19/h2*6-13,17,19H,5,14-16H2,1-4H3,(H,25,26)/t2*17-,19+/m10/s1. The predicted octanol–water partition coefficient (Wildman–Crippen LogP) is 13.1. The van der Waals surface area contributed by atoms with Crippen molar-refractivity contribution < 1.29 is 9.47 Å². The molecule has 2 aliphatic carbocycles. The van der Waals surface area contributed by atoms with E-state index in [0.717, 1.165) is 45.8 Å². The zero-order chi connectivity index (χ0) is 39.5. The number of hydrogen-bond acceptors (Lipinski definition) is 6. The van der Waals surface area contributed by atoms with Gasteiger partial charge in [-0.2, -0.15) is 0 Å². The van der Waals surface area contributed by atoms with Gasteiger partial charge in [-0.15, -0.1) is 0 Å². The summed E-state index contributed by atoms with van der Waals surface area (Å²) in [6.45, 7) is 19.7. The molecular formula is C48H62N6O2. The second kappa shape index (κ2) is 16.6. The molecule has 0 unspecified atom stereocenters. The zero-order valence-corrected chi connectivity index (χ0v) is 34.8. The summed E-state index contributed by atoms with van der Waals surface area (Å²) in [6.07, 6.45) is 7.32. The van der Waals surface area contributed by atoms with Crippen LogP contribution in [0.3, 0.4) is 0 Å². The molecule has 0 amide bonds. The first-order valence-electron chi connectivity index (χ1n) is 20.8. The number of hydrogen-bond donors (Lipinski definition) is 2. The fourth-order valence-corrected chi connectivity index (χ4v) is 9.85. The number of fused-ring (bicyclic) bond motifs is 2. The van der Waals surface area contributed by atoms with E-state index >= 15 is 0 Å². The van der Waals surface area contributed by atoms with Gasteiger partial charge in [0.1, 0.15) is 11.5 Å². The summed E-state index contributed by atoms with van der Waals surface area (Å²) in [5.41, 5.74) is 7.29. The van der Waals surface area contributed by atoms with Crippen molar-refractivity contribution in [3.05, 3.63) is 97.1 Å². The van der Waals surface area contributed by atoms with Crippen LogP contribution >= 0.6 is 0 Å². The maximum atomic E-state index is 5.56. The highest BCUT2D eigenvalue weighted by Crippen LogP contribution is 2.47. The number of para-hydroxylation sites is 4. The van der Waals surface area contributed by atoms with Gasteiger partial charge in [0, 0.05) is 23.5 Å². The number of benzene rings is 4. The Morgan fingerprint density at radius 1 is 0.554 bits per heavy atom. The van der Waals surface area contributed by atoms with Crippen LogP contribution in [0.4, 0.5) is 23.3 Å². The maximum Gasteiger partial charge on any atom is 0.208 e. The molecule has 2 saturated carbocycles.